The van der Waals surface area contributed by atoms with Gasteiger partial charge in [-0.05, 0) is 68.8 Å². The van der Waals surface area contributed by atoms with Gasteiger partial charge in [0, 0.05) is 24.0 Å². The maximum atomic E-state index is 12.9. The van der Waals surface area contributed by atoms with E-state index in [0.717, 1.165) is 29.5 Å². The van der Waals surface area contributed by atoms with Crippen LogP contribution >= 0.6 is 11.6 Å². The highest BCUT2D eigenvalue weighted by atomic mass is 35.5. The number of aromatic nitrogens is 5. The van der Waals surface area contributed by atoms with E-state index in [2.05, 4.69) is 15.5 Å². The Labute approximate surface area is 247 Å². The number of hydrogen-bond acceptors (Lipinski definition) is 7. The molecule has 42 heavy (non-hydrogen) atoms. The van der Waals surface area contributed by atoms with E-state index >= 15 is 0 Å². The van der Waals surface area contributed by atoms with Crippen molar-refractivity contribution in [3.05, 3.63) is 77.6 Å². The minimum Gasteiger partial charge on any atom is -0.444 e. The van der Waals surface area contributed by atoms with Gasteiger partial charge in [-0.15, -0.1) is 10.2 Å². The highest BCUT2D eigenvalue weighted by Gasteiger charge is 2.61. The molecule has 2 aliphatic rings. The van der Waals surface area contributed by atoms with E-state index in [9.17, 15) is 9.90 Å². The number of nitrogens with one attached hydrogen (secondary N) is 1. The number of fused-ring (bicyclic) bond motifs is 3. The van der Waals surface area contributed by atoms with E-state index < -0.39 is 22.8 Å². The number of alkyl carbamates (subject to hydrolysis) is 1. The number of halogens is 1. The van der Waals surface area contributed by atoms with Crippen LogP contribution in [0.5, 0.6) is 0 Å². The van der Waals surface area contributed by atoms with E-state index in [0.29, 0.717) is 41.0 Å². The molecule has 2 saturated carbocycles. The number of amides is 1. The van der Waals surface area contributed by atoms with Gasteiger partial charge in [0.2, 0.25) is 5.28 Å². The fourth-order valence-corrected chi connectivity index (χ4v) is 6.37. The Morgan fingerprint density at radius 1 is 0.952 bits per heavy atom. The molecule has 0 spiro atoms. The molecule has 7 rings (SSSR count). The summed E-state index contributed by atoms with van der Waals surface area (Å²) in [5.74, 6) is 0.289. The number of benzene rings is 2. The van der Waals surface area contributed by atoms with Crippen molar-refractivity contribution in [2.75, 3.05) is 0 Å². The molecule has 0 unspecified atom stereocenters. The number of aliphatic hydroxyl groups is 1. The number of hydrogen-bond donors (Lipinski definition) is 2. The Morgan fingerprint density at radius 2 is 1.62 bits per heavy atom. The lowest BCUT2D eigenvalue weighted by atomic mass is 9.59. The van der Waals surface area contributed by atoms with Gasteiger partial charge in [-0.1, -0.05) is 54.6 Å². The monoisotopic (exact) mass is 582 g/mol. The topological polar surface area (TPSA) is 115 Å². The normalized spacial score (nSPS) is 22.2. The first kappa shape index (κ1) is 26.8. The second-order valence-electron chi connectivity index (χ2n) is 12.5. The van der Waals surface area contributed by atoms with Crippen molar-refractivity contribution >= 4 is 34.5 Å². The van der Waals surface area contributed by atoms with Crippen LogP contribution in [-0.2, 0) is 10.3 Å². The molecule has 2 aromatic carbocycles. The van der Waals surface area contributed by atoms with Crippen molar-refractivity contribution in [1.82, 2.24) is 29.9 Å². The van der Waals surface area contributed by atoms with E-state index in [4.69, 9.17) is 26.3 Å². The van der Waals surface area contributed by atoms with Crippen molar-refractivity contribution in [1.29, 1.82) is 0 Å². The smallest absolute Gasteiger partial charge is 0.408 e. The standard InChI is InChI=1S/C32H31ClN6O3/c1-30(2,3)42-29(40)36-31(17-32(41,18-31)22-13-14-22)21-11-9-20(10-12-21)25-26(19-7-5-4-6-8-19)35-27-23(34-25)15-16-24-37-38-28(33)39(24)27/h4-12,15-16,22,41H,13-14,17-18H2,1-3H3,(H,36,40)/t31-,32-. The summed E-state index contributed by atoms with van der Waals surface area (Å²) in [5, 5.41) is 22.7. The molecule has 2 fully saturated rings. The molecule has 9 nitrogen and oxygen atoms in total. The van der Waals surface area contributed by atoms with Crippen LogP contribution in [0.3, 0.4) is 0 Å². The maximum absolute atomic E-state index is 12.9. The number of carbonyl (C=O) groups excluding carboxylic acids is 1. The van der Waals surface area contributed by atoms with Crippen molar-refractivity contribution < 1.29 is 14.6 Å². The first-order chi connectivity index (χ1) is 20.0. The lowest BCUT2D eigenvalue weighted by molar-refractivity contribution is -0.118. The van der Waals surface area contributed by atoms with Gasteiger partial charge in [-0.2, -0.15) is 0 Å². The SMILES string of the molecule is CC(C)(C)OC(=O)N[C@]1(c2ccc(-c3nc4ccc5nnc(Cl)n5c4nc3-c3ccccc3)cc2)C[C@](O)(C2CC2)C1. The number of nitrogens with zero attached hydrogens (tertiary/aromatic N) is 5. The summed E-state index contributed by atoms with van der Waals surface area (Å²) in [7, 11) is 0. The van der Waals surface area contributed by atoms with Crippen LogP contribution in [0.15, 0.2) is 66.7 Å². The van der Waals surface area contributed by atoms with Crippen LogP contribution in [0.4, 0.5) is 4.79 Å². The highest BCUT2D eigenvalue weighted by Crippen LogP contribution is 2.58. The Hall–Kier alpha value is -4.08. The van der Waals surface area contributed by atoms with E-state index in [-0.39, 0.29) is 11.2 Å². The molecule has 10 heteroatoms. The zero-order valence-corrected chi connectivity index (χ0v) is 24.4. The van der Waals surface area contributed by atoms with Gasteiger partial charge < -0.3 is 15.2 Å². The second-order valence-corrected chi connectivity index (χ2v) is 12.8. The van der Waals surface area contributed by atoms with E-state index in [1.807, 2.05) is 87.5 Å². The number of carbonyl (C=O) groups is 1. The Morgan fingerprint density at radius 3 is 2.29 bits per heavy atom. The summed E-state index contributed by atoms with van der Waals surface area (Å²) in [6.45, 7) is 5.52. The number of pyridine rings is 1. The Kier molecular flexibility index (Phi) is 6.04. The minimum atomic E-state index is -0.771. The highest BCUT2D eigenvalue weighted by molar-refractivity contribution is 6.28. The first-order valence-electron chi connectivity index (χ1n) is 14.1. The summed E-state index contributed by atoms with van der Waals surface area (Å²) in [5.41, 5.74) is 3.78. The van der Waals surface area contributed by atoms with Gasteiger partial charge in [0.1, 0.15) is 11.1 Å². The molecule has 214 valence electrons. The summed E-state index contributed by atoms with van der Waals surface area (Å²) in [4.78, 5) is 23.0. The maximum Gasteiger partial charge on any atom is 0.408 e. The molecule has 0 atom stereocenters. The molecular weight excluding hydrogens is 552 g/mol. The minimum absolute atomic E-state index is 0.218. The van der Waals surface area contributed by atoms with Crippen LogP contribution in [-0.4, -0.2) is 47.0 Å². The molecule has 3 heterocycles. The first-order valence-corrected chi connectivity index (χ1v) is 14.5. The largest absolute Gasteiger partial charge is 0.444 e. The van der Waals surface area contributed by atoms with Gasteiger partial charge >= 0.3 is 6.09 Å². The van der Waals surface area contributed by atoms with Crippen molar-refractivity contribution in [2.24, 2.45) is 5.92 Å². The summed E-state index contributed by atoms with van der Waals surface area (Å²) >= 11 is 6.37. The molecule has 0 bridgehead atoms. The third-order valence-electron chi connectivity index (χ3n) is 8.21. The molecule has 0 radical (unpaired) electrons. The Bertz CT molecular complexity index is 1820. The van der Waals surface area contributed by atoms with Crippen molar-refractivity contribution in [3.8, 4) is 22.5 Å². The van der Waals surface area contributed by atoms with E-state index in [1.54, 1.807) is 4.40 Å². The van der Waals surface area contributed by atoms with Gasteiger partial charge in [-0.3, -0.25) is 0 Å². The molecule has 3 aromatic heterocycles. The fraction of sp³-hybridized carbons (Fsp3) is 0.344. The third kappa shape index (κ3) is 4.66. The fourth-order valence-electron chi connectivity index (χ4n) is 6.16. The predicted octanol–water partition coefficient (Wildman–Crippen LogP) is 6.31. The average molecular weight is 583 g/mol. The van der Waals surface area contributed by atoms with Crippen LogP contribution in [0.2, 0.25) is 5.28 Å². The van der Waals surface area contributed by atoms with Gasteiger partial charge in [0.05, 0.1) is 22.5 Å². The van der Waals surface area contributed by atoms with Crippen LogP contribution in [0.25, 0.3) is 39.3 Å². The zero-order valence-electron chi connectivity index (χ0n) is 23.6. The Balaban J connectivity index is 1.30. The molecular formula is C32H31ClN6O3. The molecule has 2 aliphatic carbocycles. The molecule has 0 saturated heterocycles. The molecule has 5 aromatic rings. The zero-order chi connectivity index (χ0) is 29.3. The summed E-state index contributed by atoms with van der Waals surface area (Å²) in [6, 6.07) is 21.5. The average Bonchev–Trinajstić information content (AvgIpc) is 3.74. The van der Waals surface area contributed by atoms with Gasteiger partial charge in [-0.25, -0.2) is 19.2 Å². The number of rotatable bonds is 5. The van der Waals surface area contributed by atoms with Crippen molar-refractivity contribution in [3.63, 3.8) is 0 Å². The van der Waals surface area contributed by atoms with Crippen LogP contribution in [0, 0.1) is 5.92 Å². The third-order valence-corrected chi connectivity index (χ3v) is 8.45. The molecule has 1 amide bonds. The second kappa shape index (κ2) is 9.47. The molecule has 0 aliphatic heterocycles. The molecule has 2 N–H and O–H groups in total. The van der Waals surface area contributed by atoms with Crippen LogP contribution < -0.4 is 5.32 Å². The van der Waals surface area contributed by atoms with E-state index in [1.165, 1.54) is 0 Å². The quantitative estimate of drug-likeness (QED) is 0.249. The lowest BCUT2D eigenvalue weighted by Gasteiger charge is -2.54. The lowest BCUT2D eigenvalue weighted by Crippen LogP contribution is -2.64. The van der Waals surface area contributed by atoms with Gasteiger partial charge in [0.25, 0.3) is 0 Å². The van der Waals surface area contributed by atoms with Gasteiger partial charge in [0.15, 0.2) is 11.3 Å². The summed E-state index contributed by atoms with van der Waals surface area (Å²) in [6.07, 6.45) is 2.45. The van der Waals surface area contributed by atoms with Crippen LogP contribution in [0.1, 0.15) is 52.0 Å². The predicted molar refractivity (Wildman–Crippen MR) is 160 cm³/mol. The van der Waals surface area contributed by atoms with Crippen molar-refractivity contribution in [2.45, 2.75) is 63.2 Å². The summed E-state index contributed by atoms with van der Waals surface area (Å²) < 4.78 is 7.28. The number of ether oxygens (including phenoxy) is 1.